The molecule has 0 aliphatic rings. The second-order valence-corrected chi connectivity index (χ2v) is 5.90. The molecule has 1 aromatic heterocycles. The van der Waals surface area contributed by atoms with E-state index >= 15 is 0 Å². The second-order valence-electron chi connectivity index (χ2n) is 4.89. The SMILES string of the molecule is CC(=O)Cn1nc([N+](=O)[O-])nc1Sc1cccc2ccccc12. The van der Waals surface area contributed by atoms with Gasteiger partial charge >= 0.3 is 5.95 Å². The molecule has 23 heavy (non-hydrogen) atoms. The van der Waals surface area contributed by atoms with E-state index in [2.05, 4.69) is 10.1 Å². The normalized spacial score (nSPS) is 10.8. The summed E-state index contributed by atoms with van der Waals surface area (Å²) in [5.74, 6) is -0.654. The van der Waals surface area contributed by atoms with Crippen LogP contribution < -0.4 is 0 Å². The van der Waals surface area contributed by atoms with Gasteiger partial charge in [-0.3, -0.25) is 4.79 Å². The second kappa shape index (κ2) is 6.17. The fourth-order valence-electron chi connectivity index (χ4n) is 2.17. The van der Waals surface area contributed by atoms with Crippen molar-refractivity contribution in [3.8, 4) is 0 Å². The van der Waals surface area contributed by atoms with E-state index in [1.54, 1.807) is 0 Å². The van der Waals surface area contributed by atoms with Crippen molar-refractivity contribution in [2.75, 3.05) is 0 Å². The predicted molar refractivity (Wildman–Crippen MR) is 85.4 cm³/mol. The van der Waals surface area contributed by atoms with Crippen LogP contribution in [0.3, 0.4) is 0 Å². The van der Waals surface area contributed by atoms with E-state index in [9.17, 15) is 14.9 Å². The third-order valence-electron chi connectivity index (χ3n) is 3.11. The van der Waals surface area contributed by atoms with E-state index in [0.717, 1.165) is 15.7 Å². The van der Waals surface area contributed by atoms with Gasteiger partial charge in [-0.15, -0.1) is 0 Å². The molecule has 0 atom stereocenters. The molecular formula is C15H12N4O3S. The maximum atomic E-state index is 11.3. The Kier molecular flexibility index (Phi) is 4.07. The number of aromatic nitrogens is 3. The van der Waals surface area contributed by atoms with Crippen LogP contribution >= 0.6 is 11.8 Å². The number of rotatable bonds is 5. The number of benzene rings is 2. The van der Waals surface area contributed by atoms with E-state index in [4.69, 9.17) is 0 Å². The maximum Gasteiger partial charge on any atom is 0.492 e. The highest BCUT2D eigenvalue weighted by molar-refractivity contribution is 7.99. The molecule has 0 aliphatic carbocycles. The van der Waals surface area contributed by atoms with Crippen molar-refractivity contribution in [1.82, 2.24) is 14.8 Å². The molecule has 0 amide bonds. The van der Waals surface area contributed by atoms with E-state index < -0.39 is 10.9 Å². The van der Waals surface area contributed by atoms with E-state index in [1.807, 2.05) is 42.5 Å². The third kappa shape index (κ3) is 3.21. The van der Waals surface area contributed by atoms with Crippen LogP contribution in [0.2, 0.25) is 0 Å². The van der Waals surface area contributed by atoms with Crippen molar-refractivity contribution >= 4 is 34.3 Å². The number of nitro groups is 1. The number of hydrogen-bond donors (Lipinski definition) is 0. The highest BCUT2D eigenvalue weighted by atomic mass is 32.2. The first-order valence-corrected chi connectivity index (χ1v) is 7.60. The molecular weight excluding hydrogens is 316 g/mol. The quantitative estimate of drug-likeness (QED) is 0.528. The minimum Gasteiger partial charge on any atom is -0.390 e. The molecule has 2 aromatic carbocycles. The molecule has 116 valence electrons. The topological polar surface area (TPSA) is 90.9 Å². The molecule has 0 aliphatic heterocycles. The molecule has 0 N–H and O–H groups in total. The lowest BCUT2D eigenvalue weighted by Crippen LogP contribution is -2.09. The Labute approximate surface area is 135 Å². The Morgan fingerprint density at radius 1 is 1.26 bits per heavy atom. The van der Waals surface area contributed by atoms with E-state index in [1.165, 1.54) is 23.4 Å². The fraction of sp³-hybridized carbons (Fsp3) is 0.133. The highest BCUT2D eigenvalue weighted by Gasteiger charge is 2.23. The summed E-state index contributed by atoms with van der Waals surface area (Å²) in [5.41, 5.74) is 0. The van der Waals surface area contributed by atoms with Gasteiger partial charge in [-0.25, -0.2) is 0 Å². The minimum absolute atomic E-state index is 0.0477. The average molecular weight is 328 g/mol. The first kappa shape index (κ1) is 15.2. The molecule has 0 spiro atoms. The Morgan fingerprint density at radius 2 is 2.00 bits per heavy atom. The zero-order chi connectivity index (χ0) is 16.4. The van der Waals surface area contributed by atoms with Crippen molar-refractivity contribution in [3.05, 3.63) is 52.6 Å². The summed E-state index contributed by atoms with van der Waals surface area (Å²) in [7, 11) is 0. The number of Topliss-reactive ketones (excluding diaryl/α,β-unsaturated/α-hetero) is 1. The molecule has 3 aromatic rings. The zero-order valence-corrected chi connectivity index (χ0v) is 13.0. The lowest BCUT2D eigenvalue weighted by molar-refractivity contribution is -0.394. The number of nitrogens with zero attached hydrogens (tertiary/aromatic N) is 4. The van der Waals surface area contributed by atoms with Crippen LogP contribution in [-0.4, -0.2) is 25.5 Å². The smallest absolute Gasteiger partial charge is 0.390 e. The molecule has 8 heteroatoms. The van der Waals surface area contributed by atoms with Gasteiger partial charge in [0.1, 0.15) is 6.54 Å². The maximum absolute atomic E-state index is 11.3. The Morgan fingerprint density at radius 3 is 2.74 bits per heavy atom. The predicted octanol–water partition coefficient (Wildman–Crippen LogP) is 3.08. The van der Waals surface area contributed by atoms with Gasteiger partial charge in [0.25, 0.3) is 5.16 Å². The van der Waals surface area contributed by atoms with Gasteiger partial charge < -0.3 is 10.1 Å². The van der Waals surface area contributed by atoms with Crippen LogP contribution in [0, 0.1) is 10.1 Å². The number of carbonyl (C=O) groups is 1. The van der Waals surface area contributed by atoms with Gasteiger partial charge in [-0.1, -0.05) is 36.4 Å². The number of fused-ring (bicyclic) bond motifs is 1. The largest absolute Gasteiger partial charge is 0.492 e. The van der Waals surface area contributed by atoms with Gasteiger partial charge in [0.15, 0.2) is 5.78 Å². The first-order valence-electron chi connectivity index (χ1n) is 6.79. The van der Waals surface area contributed by atoms with Crippen molar-refractivity contribution in [3.63, 3.8) is 0 Å². The average Bonchev–Trinajstić information content (AvgIpc) is 2.90. The molecule has 0 fully saturated rings. The van der Waals surface area contributed by atoms with Crippen molar-refractivity contribution in [2.45, 2.75) is 23.5 Å². The third-order valence-corrected chi connectivity index (χ3v) is 4.17. The number of hydrogen-bond acceptors (Lipinski definition) is 6. The summed E-state index contributed by atoms with van der Waals surface area (Å²) in [6.07, 6.45) is 0. The number of carbonyl (C=O) groups excluding carboxylic acids is 1. The van der Waals surface area contributed by atoms with E-state index in [-0.39, 0.29) is 12.3 Å². The molecule has 3 rings (SSSR count). The standard InChI is InChI=1S/C15H12N4O3S/c1-10(20)9-18-15(16-14(17-18)19(21)22)23-13-8-4-6-11-5-2-3-7-12(11)13/h2-8H,9H2,1H3. The molecule has 7 nitrogen and oxygen atoms in total. The summed E-state index contributed by atoms with van der Waals surface area (Å²) in [6, 6.07) is 13.6. The van der Waals surface area contributed by atoms with Gasteiger partial charge in [-0.05, 0) is 45.4 Å². The van der Waals surface area contributed by atoms with Crippen molar-refractivity contribution in [1.29, 1.82) is 0 Å². The van der Waals surface area contributed by atoms with Gasteiger partial charge in [-0.2, -0.15) is 4.68 Å². The van der Waals surface area contributed by atoms with E-state index in [0.29, 0.717) is 5.16 Å². The van der Waals surface area contributed by atoms with Crippen LogP contribution in [0.15, 0.2) is 52.5 Å². The monoisotopic (exact) mass is 328 g/mol. The van der Waals surface area contributed by atoms with Crippen LogP contribution in [0.5, 0.6) is 0 Å². The summed E-state index contributed by atoms with van der Waals surface area (Å²) in [6.45, 7) is 1.35. The highest BCUT2D eigenvalue weighted by Crippen LogP contribution is 2.33. The molecule has 0 saturated carbocycles. The fourth-order valence-corrected chi connectivity index (χ4v) is 3.14. The molecule has 0 unspecified atom stereocenters. The molecule has 0 radical (unpaired) electrons. The summed E-state index contributed by atoms with van der Waals surface area (Å²) in [5, 5.41) is 17.1. The first-order chi connectivity index (χ1) is 11.0. The molecule has 0 bridgehead atoms. The number of ketones is 1. The van der Waals surface area contributed by atoms with Crippen LogP contribution in [0.1, 0.15) is 6.92 Å². The Balaban J connectivity index is 2.04. The zero-order valence-electron chi connectivity index (χ0n) is 12.2. The van der Waals surface area contributed by atoms with Crippen molar-refractivity contribution in [2.24, 2.45) is 0 Å². The van der Waals surface area contributed by atoms with Crippen LogP contribution in [0.4, 0.5) is 5.95 Å². The minimum atomic E-state index is -0.663. The Bertz CT molecular complexity index is 901. The van der Waals surface area contributed by atoms with Crippen molar-refractivity contribution < 1.29 is 9.72 Å². The molecule has 1 heterocycles. The van der Waals surface area contributed by atoms with Gasteiger partial charge in [0.05, 0.1) is 0 Å². The van der Waals surface area contributed by atoms with Crippen LogP contribution in [0.25, 0.3) is 10.8 Å². The summed E-state index contributed by atoms with van der Waals surface area (Å²) >= 11 is 1.26. The van der Waals surface area contributed by atoms with Gasteiger partial charge in [0, 0.05) is 9.99 Å². The molecule has 0 saturated heterocycles. The Hall–Kier alpha value is -2.74. The van der Waals surface area contributed by atoms with Gasteiger partial charge in [0.2, 0.25) is 0 Å². The lowest BCUT2D eigenvalue weighted by atomic mass is 10.1. The van der Waals surface area contributed by atoms with Crippen LogP contribution in [-0.2, 0) is 11.3 Å². The summed E-state index contributed by atoms with van der Waals surface area (Å²) < 4.78 is 1.27. The lowest BCUT2D eigenvalue weighted by Gasteiger charge is -2.04. The summed E-state index contributed by atoms with van der Waals surface area (Å²) in [4.78, 5) is 26.4.